The Morgan fingerprint density at radius 1 is 1.03 bits per heavy atom. The number of ether oxygens (including phenoxy) is 2. The molecule has 5 heteroatoms. The Morgan fingerprint density at radius 3 is 2.38 bits per heavy atom. The quantitative estimate of drug-likeness (QED) is 0.290. The molecule has 0 unspecified atom stereocenters. The topological polar surface area (TPSA) is 64.6 Å². The predicted octanol–water partition coefficient (Wildman–Crippen LogP) is 4.66. The van der Waals surface area contributed by atoms with Crippen LogP contribution in [0.5, 0.6) is 11.5 Å². The molecule has 5 nitrogen and oxygen atoms in total. The maximum Gasteiger partial charge on any atom is 0.347 e. The van der Waals surface area contributed by atoms with Gasteiger partial charge >= 0.3 is 5.97 Å². The minimum Gasteiger partial charge on any atom is -0.493 e. The molecule has 0 saturated heterocycles. The van der Waals surface area contributed by atoms with E-state index in [0.717, 1.165) is 12.8 Å². The van der Waals surface area contributed by atoms with E-state index < -0.39 is 5.97 Å². The summed E-state index contributed by atoms with van der Waals surface area (Å²) < 4.78 is 11.3. The first kappa shape index (κ1) is 22.2. The summed E-state index contributed by atoms with van der Waals surface area (Å²) in [7, 11) is 0. The SMILES string of the molecule is C=CC(=O)NCCCCOc1ccccc1C(=O)Oc1ccc(C(C)(C)C)cc1. The molecular formula is C24H29NO4. The molecule has 0 spiro atoms. The highest BCUT2D eigenvalue weighted by atomic mass is 16.5. The zero-order chi connectivity index (χ0) is 21.3. The molecule has 0 aliphatic heterocycles. The Labute approximate surface area is 172 Å². The van der Waals surface area contributed by atoms with Crippen LogP contribution in [-0.2, 0) is 10.2 Å². The fraction of sp³-hybridized carbons (Fsp3) is 0.333. The van der Waals surface area contributed by atoms with Crippen LogP contribution in [0.2, 0.25) is 0 Å². The molecule has 0 aliphatic carbocycles. The third-order valence-electron chi connectivity index (χ3n) is 4.35. The molecule has 0 heterocycles. The summed E-state index contributed by atoms with van der Waals surface area (Å²) in [6.07, 6.45) is 2.76. The molecule has 2 rings (SSSR count). The fourth-order valence-electron chi connectivity index (χ4n) is 2.64. The molecule has 1 amide bonds. The molecule has 2 aromatic rings. The lowest BCUT2D eigenvalue weighted by Gasteiger charge is -2.19. The first-order valence-corrected chi connectivity index (χ1v) is 9.76. The van der Waals surface area contributed by atoms with Gasteiger partial charge in [0.1, 0.15) is 17.1 Å². The molecule has 0 aliphatic rings. The number of benzene rings is 2. The third kappa shape index (κ3) is 7.11. The minimum absolute atomic E-state index is 0.0392. The molecule has 0 saturated carbocycles. The van der Waals surface area contributed by atoms with Gasteiger partial charge in [-0.15, -0.1) is 0 Å². The number of nitrogens with one attached hydrogen (secondary N) is 1. The van der Waals surface area contributed by atoms with Gasteiger partial charge in [-0.3, -0.25) is 4.79 Å². The maximum absolute atomic E-state index is 12.6. The summed E-state index contributed by atoms with van der Waals surface area (Å²) >= 11 is 0. The maximum atomic E-state index is 12.6. The number of hydrogen-bond acceptors (Lipinski definition) is 4. The second kappa shape index (κ2) is 10.5. The summed E-state index contributed by atoms with van der Waals surface area (Å²) in [6.45, 7) is 10.8. The van der Waals surface area contributed by atoms with Gasteiger partial charge in [0.05, 0.1) is 6.61 Å². The Hall–Kier alpha value is -3.08. The summed E-state index contributed by atoms with van der Waals surface area (Å²) in [5.74, 6) is 0.339. The van der Waals surface area contributed by atoms with E-state index in [1.54, 1.807) is 30.3 Å². The van der Waals surface area contributed by atoms with E-state index in [-0.39, 0.29) is 11.3 Å². The van der Waals surface area contributed by atoms with Gasteiger partial charge < -0.3 is 14.8 Å². The second-order valence-corrected chi connectivity index (χ2v) is 7.71. The number of hydrogen-bond donors (Lipinski definition) is 1. The van der Waals surface area contributed by atoms with E-state index >= 15 is 0 Å². The summed E-state index contributed by atoms with van der Waals surface area (Å²) in [6, 6.07) is 14.6. The number of carbonyl (C=O) groups excluding carboxylic acids is 2. The first-order chi connectivity index (χ1) is 13.8. The van der Waals surface area contributed by atoms with Crippen molar-refractivity contribution < 1.29 is 19.1 Å². The van der Waals surface area contributed by atoms with Crippen molar-refractivity contribution in [2.45, 2.75) is 39.0 Å². The van der Waals surface area contributed by atoms with Gasteiger partial charge in [-0.2, -0.15) is 0 Å². The highest BCUT2D eigenvalue weighted by molar-refractivity contribution is 5.94. The van der Waals surface area contributed by atoms with Gasteiger partial charge in [0.15, 0.2) is 0 Å². The summed E-state index contributed by atoms with van der Waals surface area (Å²) in [4.78, 5) is 23.7. The molecule has 0 radical (unpaired) electrons. The minimum atomic E-state index is -0.456. The van der Waals surface area contributed by atoms with Gasteiger partial charge in [-0.25, -0.2) is 4.79 Å². The van der Waals surface area contributed by atoms with Crippen molar-refractivity contribution in [2.75, 3.05) is 13.2 Å². The number of unbranched alkanes of at least 4 members (excludes halogenated alkanes) is 1. The van der Waals surface area contributed by atoms with E-state index in [2.05, 4.69) is 32.7 Å². The monoisotopic (exact) mass is 395 g/mol. The van der Waals surface area contributed by atoms with Gasteiger partial charge in [0.25, 0.3) is 0 Å². The Balaban J connectivity index is 1.91. The van der Waals surface area contributed by atoms with E-state index in [4.69, 9.17) is 9.47 Å². The average Bonchev–Trinajstić information content (AvgIpc) is 2.70. The zero-order valence-electron chi connectivity index (χ0n) is 17.4. The normalized spacial score (nSPS) is 10.9. The number of carbonyl (C=O) groups is 2. The van der Waals surface area contributed by atoms with Crippen LogP contribution in [0.4, 0.5) is 0 Å². The van der Waals surface area contributed by atoms with Crippen LogP contribution in [-0.4, -0.2) is 25.0 Å². The average molecular weight is 395 g/mol. The van der Waals surface area contributed by atoms with Crippen molar-refractivity contribution in [3.63, 3.8) is 0 Å². The van der Waals surface area contributed by atoms with E-state index in [1.807, 2.05) is 18.2 Å². The van der Waals surface area contributed by atoms with Gasteiger partial charge in [0, 0.05) is 6.54 Å². The molecule has 0 aromatic heterocycles. The smallest absolute Gasteiger partial charge is 0.347 e. The van der Waals surface area contributed by atoms with E-state index in [0.29, 0.717) is 30.2 Å². The fourth-order valence-corrected chi connectivity index (χ4v) is 2.64. The highest BCUT2D eigenvalue weighted by Crippen LogP contribution is 2.25. The third-order valence-corrected chi connectivity index (χ3v) is 4.35. The lowest BCUT2D eigenvalue weighted by atomic mass is 9.87. The van der Waals surface area contributed by atoms with Gasteiger partial charge in [-0.05, 0) is 54.2 Å². The largest absolute Gasteiger partial charge is 0.493 e. The van der Waals surface area contributed by atoms with Crippen molar-refractivity contribution in [2.24, 2.45) is 0 Å². The van der Waals surface area contributed by atoms with Crippen LogP contribution in [0.25, 0.3) is 0 Å². The molecule has 0 bridgehead atoms. The predicted molar refractivity (Wildman–Crippen MR) is 114 cm³/mol. The lowest BCUT2D eigenvalue weighted by molar-refractivity contribution is -0.116. The van der Waals surface area contributed by atoms with E-state index in [1.165, 1.54) is 11.6 Å². The number of amides is 1. The Morgan fingerprint density at radius 2 is 1.72 bits per heavy atom. The molecular weight excluding hydrogens is 366 g/mol. The molecule has 2 aromatic carbocycles. The highest BCUT2D eigenvalue weighted by Gasteiger charge is 2.16. The van der Waals surface area contributed by atoms with E-state index in [9.17, 15) is 9.59 Å². The second-order valence-electron chi connectivity index (χ2n) is 7.71. The van der Waals surface area contributed by atoms with Crippen LogP contribution in [0, 0.1) is 0 Å². The summed E-state index contributed by atoms with van der Waals surface area (Å²) in [5, 5.41) is 2.71. The van der Waals surface area contributed by atoms with Crippen LogP contribution in [0.1, 0.15) is 49.5 Å². The Bertz CT molecular complexity index is 835. The first-order valence-electron chi connectivity index (χ1n) is 9.76. The number of para-hydroxylation sites is 1. The molecule has 0 fully saturated rings. The molecule has 29 heavy (non-hydrogen) atoms. The van der Waals surface area contributed by atoms with Gasteiger partial charge in [0.2, 0.25) is 5.91 Å². The molecule has 154 valence electrons. The van der Waals surface area contributed by atoms with Crippen molar-refractivity contribution in [1.29, 1.82) is 0 Å². The van der Waals surface area contributed by atoms with Crippen molar-refractivity contribution in [1.82, 2.24) is 5.32 Å². The van der Waals surface area contributed by atoms with Crippen LogP contribution >= 0.6 is 0 Å². The van der Waals surface area contributed by atoms with Crippen LogP contribution in [0.3, 0.4) is 0 Å². The number of esters is 1. The zero-order valence-corrected chi connectivity index (χ0v) is 17.4. The Kier molecular flexibility index (Phi) is 8.01. The standard InChI is InChI=1S/C24H29NO4/c1-5-22(26)25-16-8-9-17-28-21-11-7-6-10-20(21)23(27)29-19-14-12-18(13-15-19)24(2,3)4/h5-7,10-15H,1,8-9,16-17H2,2-4H3,(H,25,26). The van der Waals surface area contributed by atoms with Crippen molar-refractivity contribution in [3.8, 4) is 11.5 Å². The summed E-state index contributed by atoms with van der Waals surface area (Å²) in [5.41, 5.74) is 1.59. The van der Waals surface area contributed by atoms with Crippen LogP contribution in [0.15, 0.2) is 61.2 Å². The molecule has 1 N–H and O–H groups in total. The number of rotatable bonds is 9. The van der Waals surface area contributed by atoms with Gasteiger partial charge in [-0.1, -0.05) is 51.6 Å². The lowest BCUT2D eigenvalue weighted by Crippen LogP contribution is -2.22. The van der Waals surface area contributed by atoms with Crippen molar-refractivity contribution >= 4 is 11.9 Å². The van der Waals surface area contributed by atoms with Crippen LogP contribution < -0.4 is 14.8 Å². The van der Waals surface area contributed by atoms with Crippen molar-refractivity contribution in [3.05, 3.63) is 72.3 Å². The molecule has 0 atom stereocenters.